The third-order valence-electron chi connectivity index (χ3n) is 7.42. The van der Waals surface area contributed by atoms with Gasteiger partial charge in [0.2, 0.25) is 11.8 Å². The highest BCUT2D eigenvalue weighted by atomic mass is 32.2. The van der Waals surface area contributed by atoms with E-state index in [4.69, 9.17) is 9.47 Å². The molecule has 0 aliphatic rings. The van der Waals surface area contributed by atoms with Crippen LogP contribution < -0.4 is 19.1 Å². The molecule has 10 heteroatoms. The van der Waals surface area contributed by atoms with Crippen molar-refractivity contribution in [1.82, 2.24) is 10.2 Å². The molecule has 1 atom stereocenters. The molecule has 46 heavy (non-hydrogen) atoms. The van der Waals surface area contributed by atoms with Gasteiger partial charge in [0.15, 0.2) is 0 Å². The van der Waals surface area contributed by atoms with Crippen LogP contribution in [0.4, 0.5) is 5.69 Å². The van der Waals surface area contributed by atoms with Gasteiger partial charge in [-0.05, 0) is 79.1 Å². The van der Waals surface area contributed by atoms with Crippen molar-refractivity contribution in [2.24, 2.45) is 0 Å². The number of methoxy groups -OCH3 is 1. The molecule has 0 heterocycles. The summed E-state index contributed by atoms with van der Waals surface area (Å²) in [6.07, 6.45) is 2.05. The number of benzene rings is 4. The van der Waals surface area contributed by atoms with Gasteiger partial charge in [0.05, 0.1) is 17.7 Å². The van der Waals surface area contributed by atoms with Crippen molar-refractivity contribution in [3.63, 3.8) is 0 Å². The van der Waals surface area contributed by atoms with Gasteiger partial charge in [0.25, 0.3) is 10.0 Å². The first-order valence-corrected chi connectivity index (χ1v) is 16.8. The van der Waals surface area contributed by atoms with E-state index in [9.17, 15) is 18.0 Å². The molecule has 2 amide bonds. The van der Waals surface area contributed by atoms with E-state index in [2.05, 4.69) is 5.32 Å². The fourth-order valence-electron chi connectivity index (χ4n) is 4.95. The molecule has 0 aliphatic heterocycles. The van der Waals surface area contributed by atoms with Gasteiger partial charge in [0.1, 0.15) is 29.8 Å². The number of ether oxygens (including phenoxy) is 2. The van der Waals surface area contributed by atoms with E-state index >= 15 is 0 Å². The minimum Gasteiger partial charge on any atom is -0.497 e. The maximum atomic E-state index is 14.3. The average molecular weight is 644 g/mol. The first-order valence-electron chi connectivity index (χ1n) is 15.4. The maximum Gasteiger partial charge on any atom is 0.264 e. The van der Waals surface area contributed by atoms with Crippen LogP contribution >= 0.6 is 0 Å². The third-order valence-corrected chi connectivity index (χ3v) is 9.20. The molecular formula is C36H41N3O6S. The minimum atomic E-state index is -4.18. The Labute approximate surface area is 271 Å². The Morgan fingerprint density at radius 3 is 2.07 bits per heavy atom. The molecule has 0 radical (unpaired) electrons. The Kier molecular flexibility index (Phi) is 12.2. The highest BCUT2D eigenvalue weighted by molar-refractivity contribution is 7.92. The normalized spacial score (nSPS) is 11.7. The van der Waals surface area contributed by atoms with Gasteiger partial charge >= 0.3 is 0 Å². The number of unbranched alkanes of at least 4 members (excludes halogenated alkanes) is 1. The second kappa shape index (κ2) is 16.5. The molecule has 0 bridgehead atoms. The minimum absolute atomic E-state index is 0.0381. The van der Waals surface area contributed by atoms with Crippen LogP contribution in [-0.4, -0.2) is 51.4 Å². The lowest BCUT2D eigenvalue weighted by Crippen LogP contribution is -2.52. The van der Waals surface area contributed by atoms with Gasteiger partial charge in [-0.2, -0.15) is 0 Å². The number of sulfonamides is 1. The molecule has 4 aromatic rings. The molecule has 0 fully saturated rings. The van der Waals surface area contributed by atoms with Crippen molar-refractivity contribution in [2.45, 2.75) is 50.6 Å². The number of carbonyl (C=O) groups excluding carboxylic acids is 2. The van der Waals surface area contributed by atoms with Crippen LogP contribution in [0.3, 0.4) is 0 Å². The van der Waals surface area contributed by atoms with E-state index in [1.807, 2.05) is 56.3 Å². The van der Waals surface area contributed by atoms with Crippen molar-refractivity contribution in [3.05, 3.63) is 115 Å². The Balaban J connectivity index is 1.70. The standard InChI is InChI=1S/C36H41N3O6S/c1-4-6-24-37-36(41)34(5-2)38(26-28-14-13-17-32(25-28)44-3)35(40)27-39(46(42,43)33-18-11-8-12-19-33)29-20-22-31(23-21-29)45-30-15-9-7-10-16-30/h7-23,25,34H,4-6,24,26-27H2,1-3H3,(H,37,41)/t34-/m0/s1. The second-order valence-corrected chi connectivity index (χ2v) is 12.5. The highest BCUT2D eigenvalue weighted by Crippen LogP contribution is 2.29. The third kappa shape index (κ3) is 8.88. The summed E-state index contributed by atoms with van der Waals surface area (Å²) < 4.78 is 40.5. The number of nitrogens with one attached hydrogen (secondary N) is 1. The molecule has 0 spiro atoms. The van der Waals surface area contributed by atoms with Crippen LogP contribution in [0.1, 0.15) is 38.7 Å². The molecule has 0 unspecified atom stereocenters. The SMILES string of the molecule is CCCCNC(=O)[C@H](CC)N(Cc1cccc(OC)c1)C(=O)CN(c1ccc(Oc2ccccc2)cc1)S(=O)(=O)c1ccccc1. The van der Waals surface area contributed by atoms with E-state index in [-0.39, 0.29) is 23.0 Å². The topological polar surface area (TPSA) is 105 Å². The lowest BCUT2D eigenvalue weighted by Gasteiger charge is -2.33. The maximum absolute atomic E-state index is 14.3. The summed E-state index contributed by atoms with van der Waals surface area (Å²) >= 11 is 0. The van der Waals surface area contributed by atoms with E-state index < -0.39 is 28.5 Å². The van der Waals surface area contributed by atoms with Gasteiger partial charge in [0, 0.05) is 13.1 Å². The Morgan fingerprint density at radius 2 is 1.43 bits per heavy atom. The van der Waals surface area contributed by atoms with Gasteiger partial charge in [-0.1, -0.05) is 68.8 Å². The Hall–Kier alpha value is -4.83. The molecule has 0 saturated carbocycles. The van der Waals surface area contributed by atoms with Gasteiger partial charge in [-0.15, -0.1) is 0 Å². The Morgan fingerprint density at radius 1 is 0.804 bits per heavy atom. The molecule has 4 aromatic carbocycles. The van der Waals surface area contributed by atoms with Crippen LogP contribution in [0, 0.1) is 0 Å². The summed E-state index contributed by atoms with van der Waals surface area (Å²) in [5.41, 5.74) is 1.02. The van der Waals surface area contributed by atoms with Gasteiger partial charge < -0.3 is 19.7 Å². The number of carbonyl (C=O) groups is 2. The number of amides is 2. The van der Waals surface area contributed by atoms with Crippen LogP contribution in [0.2, 0.25) is 0 Å². The van der Waals surface area contributed by atoms with Crippen LogP contribution in [0.5, 0.6) is 17.2 Å². The fraction of sp³-hybridized carbons (Fsp3) is 0.278. The molecule has 0 saturated heterocycles. The fourth-order valence-corrected chi connectivity index (χ4v) is 6.38. The number of hydrogen-bond acceptors (Lipinski definition) is 6. The van der Waals surface area contributed by atoms with Gasteiger partial charge in [-0.25, -0.2) is 8.42 Å². The van der Waals surface area contributed by atoms with Crippen molar-refractivity contribution < 1.29 is 27.5 Å². The zero-order valence-corrected chi connectivity index (χ0v) is 27.3. The van der Waals surface area contributed by atoms with Crippen LogP contribution in [0.25, 0.3) is 0 Å². The van der Waals surface area contributed by atoms with E-state index in [1.54, 1.807) is 61.7 Å². The summed E-state index contributed by atoms with van der Waals surface area (Å²) in [6.45, 7) is 3.90. The monoisotopic (exact) mass is 643 g/mol. The zero-order valence-electron chi connectivity index (χ0n) is 26.5. The summed E-state index contributed by atoms with van der Waals surface area (Å²) in [5.74, 6) is 0.941. The van der Waals surface area contributed by atoms with Crippen molar-refractivity contribution in [2.75, 3.05) is 24.5 Å². The second-order valence-electron chi connectivity index (χ2n) is 10.7. The Bertz CT molecular complexity index is 1670. The number of para-hydroxylation sites is 1. The largest absolute Gasteiger partial charge is 0.497 e. The zero-order chi connectivity index (χ0) is 32.9. The lowest BCUT2D eigenvalue weighted by atomic mass is 10.1. The van der Waals surface area contributed by atoms with E-state index in [0.29, 0.717) is 30.2 Å². The summed E-state index contributed by atoms with van der Waals surface area (Å²) in [5, 5.41) is 2.94. The van der Waals surface area contributed by atoms with Crippen molar-refractivity contribution in [1.29, 1.82) is 0 Å². The molecule has 0 aromatic heterocycles. The average Bonchev–Trinajstić information content (AvgIpc) is 3.08. The quantitative estimate of drug-likeness (QED) is 0.142. The molecule has 4 rings (SSSR count). The first-order chi connectivity index (χ1) is 22.3. The van der Waals surface area contributed by atoms with Crippen LogP contribution in [0.15, 0.2) is 114 Å². The number of anilines is 1. The summed E-state index contributed by atoms with van der Waals surface area (Å²) in [7, 11) is -2.63. The molecule has 9 nitrogen and oxygen atoms in total. The number of nitrogens with zero attached hydrogens (tertiary/aromatic N) is 2. The van der Waals surface area contributed by atoms with Crippen LogP contribution in [-0.2, 0) is 26.2 Å². The molecule has 1 N–H and O–H groups in total. The van der Waals surface area contributed by atoms with Crippen molar-refractivity contribution in [3.8, 4) is 17.2 Å². The number of hydrogen-bond donors (Lipinski definition) is 1. The molecule has 242 valence electrons. The highest BCUT2D eigenvalue weighted by Gasteiger charge is 2.33. The lowest BCUT2D eigenvalue weighted by molar-refractivity contribution is -0.140. The van der Waals surface area contributed by atoms with Gasteiger partial charge in [-0.3, -0.25) is 13.9 Å². The number of rotatable bonds is 16. The smallest absolute Gasteiger partial charge is 0.264 e. The van der Waals surface area contributed by atoms with Crippen molar-refractivity contribution >= 4 is 27.5 Å². The summed E-state index contributed by atoms with van der Waals surface area (Å²) in [6, 6.07) is 30.1. The van der Waals surface area contributed by atoms with E-state index in [1.165, 1.54) is 17.0 Å². The van der Waals surface area contributed by atoms with E-state index in [0.717, 1.165) is 22.7 Å². The first kappa shape index (κ1) is 34.1. The molecular weight excluding hydrogens is 602 g/mol. The molecule has 0 aliphatic carbocycles. The summed E-state index contributed by atoms with van der Waals surface area (Å²) in [4.78, 5) is 29.2. The predicted molar refractivity (Wildman–Crippen MR) is 179 cm³/mol. The predicted octanol–water partition coefficient (Wildman–Crippen LogP) is 6.41.